The lowest BCUT2D eigenvalue weighted by molar-refractivity contribution is -0.271. The van der Waals surface area contributed by atoms with E-state index in [2.05, 4.69) is 4.98 Å². The third-order valence-electron chi connectivity index (χ3n) is 4.22. The molecule has 0 bridgehead atoms. The third kappa shape index (κ3) is 6.10. The SMILES string of the molecule is Cn1ccnc1C(O)(CC(=O)NCC(O)COc1cccc(C(F)(F)F)c1)C(F)(F)F. The second-order valence-electron chi connectivity index (χ2n) is 6.69. The molecule has 0 saturated heterocycles. The lowest BCUT2D eigenvalue weighted by atomic mass is 9.97. The number of carbonyl (C=O) groups excluding carboxylic acids is 1. The molecule has 1 aromatic carbocycles. The van der Waals surface area contributed by atoms with Gasteiger partial charge in [-0.3, -0.25) is 4.79 Å². The van der Waals surface area contributed by atoms with Crippen molar-refractivity contribution in [3.63, 3.8) is 0 Å². The Balaban J connectivity index is 1.92. The Morgan fingerprint density at radius 1 is 1.26 bits per heavy atom. The molecule has 0 spiro atoms. The smallest absolute Gasteiger partial charge is 0.425 e. The fraction of sp³-hybridized carbons (Fsp3) is 0.444. The standard InChI is InChI=1S/C18H19F6N3O4/c1-27-6-5-25-15(27)16(30,18(22,23)24)8-14(29)26-9-12(28)10-31-13-4-2-3-11(7-13)17(19,20)21/h2-7,12,28,30H,8-10H2,1H3,(H,26,29). The van der Waals surface area contributed by atoms with Crippen LogP contribution in [0.3, 0.4) is 0 Å². The van der Waals surface area contributed by atoms with E-state index in [1.807, 2.05) is 5.32 Å². The average Bonchev–Trinajstić information content (AvgIpc) is 3.09. The van der Waals surface area contributed by atoms with Crippen LogP contribution >= 0.6 is 0 Å². The van der Waals surface area contributed by atoms with Gasteiger partial charge in [0, 0.05) is 26.0 Å². The van der Waals surface area contributed by atoms with Crippen LogP contribution in [0, 0.1) is 0 Å². The van der Waals surface area contributed by atoms with Crippen LogP contribution in [0.4, 0.5) is 26.3 Å². The van der Waals surface area contributed by atoms with E-state index in [1.165, 1.54) is 19.3 Å². The lowest BCUT2D eigenvalue weighted by Gasteiger charge is -2.29. The zero-order chi connectivity index (χ0) is 23.4. The Hall–Kier alpha value is -2.80. The summed E-state index contributed by atoms with van der Waals surface area (Å²) in [5.41, 5.74) is -4.53. The maximum atomic E-state index is 13.4. The molecule has 1 aromatic heterocycles. The van der Waals surface area contributed by atoms with E-state index in [1.54, 1.807) is 0 Å². The molecule has 0 saturated carbocycles. The number of carbonyl (C=O) groups is 1. The van der Waals surface area contributed by atoms with Gasteiger partial charge in [0.25, 0.3) is 0 Å². The van der Waals surface area contributed by atoms with Crippen LogP contribution < -0.4 is 10.1 Å². The normalized spacial score (nSPS) is 15.3. The number of imidazole rings is 1. The summed E-state index contributed by atoms with van der Waals surface area (Å²) in [7, 11) is 1.21. The van der Waals surface area contributed by atoms with Crippen LogP contribution in [0.15, 0.2) is 36.7 Å². The highest BCUT2D eigenvalue weighted by Gasteiger charge is 2.58. The number of hydrogen-bond acceptors (Lipinski definition) is 5. The van der Waals surface area contributed by atoms with E-state index < -0.39 is 60.9 Å². The Morgan fingerprint density at radius 3 is 2.48 bits per heavy atom. The van der Waals surface area contributed by atoms with Crippen LogP contribution in [-0.4, -0.2) is 51.1 Å². The van der Waals surface area contributed by atoms with Crippen molar-refractivity contribution in [2.75, 3.05) is 13.2 Å². The molecule has 3 N–H and O–H groups in total. The van der Waals surface area contributed by atoms with Gasteiger partial charge in [-0.15, -0.1) is 0 Å². The van der Waals surface area contributed by atoms with E-state index in [0.717, 1.165) is 22.9 Å². The number of aliphatic hydroxyl groups excluding tert-OH is 1. The topological polar surface area (TPSA) is 96.6 Å². The highest BCUT2D eigenvalue weighted by Crippen LogP contribution is 2.40. The molecule has 2 unspecified atom stereocenters. The first-order valence-corrected chi connectivity index (χ1v) is 8.76. The molecule has 0 aliphatic heterocycles. The molecule has 0 radical (unpaired) electrons. The first-order valence-electron chi connectivity index (χ1n) is 8.76. The number of nitrogens with zero attached hydrogens (tertiary/aromatic N) is 2. The summed E-state index contributed by atoms with van der Waals surface area (Å²) >= 11 is 0. The average molecular weight is 455 g/mol. The summed E-state index contributed by atoms with van der Waals surface area (Å²) in [5, 5.41) is 21.9. The fourth-order valence-electron chi connectivity index (χ4n) is 2.61. The van der Waals surface area contributed by atoms with Crippen LogP contribution in [0.25, 0.3) is 0 Å². The fourth-order valence-corrected chi connectivity index (χ4v) is 2.61. The number of aliphatic hydroxyl groups is 2. The molecule has 0 aliphatic carbocycles. The van der Waals surface area contributed by atoms with Gasteiger partial charge in [-0.05, 0) is 18.2 Å². The van der Waals surface area contributed by atoms with Crippen LogP contribution in [0.5, 0.6) is 5.75 Å². The second-order valence-corrected chi connectivity index (χ2v) is 6.69. The van der Waals surface area contributed by atoms with Gasteiger partial charge >= 0.3 is 12.4 Å². The monoisotopic (exact) mass is 455 g/mol. The minimum atomic E-state index is -5.21. The summed E-state index contributed by atoms with van der Waals surface area (Å²) in [6.45, 7) is -1.10. The summed E-state index contributed by atoms with van der Waals surface area (Å²) < 4.78 is 84.1. The van der Waals surface area contributed by atoms with Crippen molar-refractivity contribution in [3.8, 4) is 5.75 Å². The predicted octanol–water partition coefficient (Wildman–Crippen LogP) is 2.13. The molecular formula is C18H19F6N3O4. The van der Waals surface area contributed by atoms with Crippen molar-refractivity contribution < 1.29 is 46.1 Å². The largest absolute Gasteiger partial charge is 0.491 e. The van der Waals surface area contributed by atoms with Crippen molar-refractivity contribution in [2.45, 2.75) is 30.5 Å². The zero-order valence-electron chi connectivity index (χ0n) is 16.0. The number of amides is 1. The molecule has 31 heavy (non-hydrogen) atoms. The molecule has 0 fully saturated rings. The predicted molar refractivity (Wildman–Crippen MR) is 93.7 cm³/mol. The summed E-state index contributed by atoms with van der Waals surface area (Å²) in [6, 6.07) is 3.85. The van der Waals surface area contributed by atoms with Crippen LogP contribution in [0.1, 0.15) is 17.8 Å². The quantitative estimate of drug-likeness (QED) is 0.530. The maximum absolute atomic E-state index is 13.4. The van der Waals surface area contributed by atoms with Gasteiger partial charge < -0.3 is 24.8 Å². The van der Waals surface area contributed by atoms with Crippen molar-refractivity contribution in [3.05, 3.63) is 48.0 Å². The van der Waals surface area contributed by atoms with Crippen LogP contribution in [-0.2, 0) is 23.6 Å². The highest BCUT2D eigenvalue weighted by atomic mass is 19.4. The number of ether oxygens (including phenoxy) is 1. The van der Waals surface area contributed by atoms with Gasteiger partial charge in [0.15, 0.2) is 5.82 Å². The first-order chi connectivity index (χ1) is 14.2. The molecule has 2 rings (SSSR count). The molecule has 13 heteroatoms. The number of rotatable bonds is 8. The summed E-state index contributed by atoms with van der Waals surface area (Å²) in [4.78, 5) is 15.4. The van der Waals surface area contributed by atoms with Crippen molar-refractivity contribution in [1.29, 1.82) is 0 Å². The number of hydrogen-bond donors (Lipinski definition) is 3. The second kappa shape index (κ2) is 9.14. The van der Waals surface area contributed by atoms with Crippen LogP contribution in [0.2, 0.25) is 0 Å². The van der Waals surface area contributed by atoms with Gasteiger partial charge in [-0.25, -0.2) is 4.98 Å². The Labute approximate surface area is 172 Å². The van der Waals surface area contributed by atoms with Gasteiger partial charge in [-0.1, -0.05) is 6.07 Å². The Kier molecular flexibility index (Phi) is 7.21. The molecular weight excluding hydrogens is 436 g/mol. The van der Waals surface area contributed by atoms with E-state index in [-0.39, 0.29) is 5.75 Å². The lowest BCUT2D eigenvalue weighted by Crippen LogP contribution is -2.48. The molecule has 1 amide bonds. The van der Waals surface area contributed by atoms with Crippen molar-refractivity contribution in [2.24, 2.45) is 7.05 Å². The molecule has 2 atom stereocenters. The first kappa shape index (κ1) is 24.5. The number of nitrogens with one attached hydrogen (secondary N) is 1. The zero-order valence-corrected chi connectivity index (χ0v) is 16.0. The maximum Gasteiger partial charge on any atom is 0.425 e. The number of benzene rings is 1. The molecule has 1 heterocycles. The van der Waals surface area contributed by atoms with Gasteiger partial charge in [0.05, 0.1) is 12.0 Å². The third-order valence-corrected chi connectivity index (χ3v) is 4.22. The Morgan fingerprint density at radius 2 is 1.94 bits per heavy atom. The molecule has 0 aliphatic rings. The van der Waals surface area contributed by atoms with Gasteiger partial charge in [-0.2, -0.15) is 26.3 Å². The van der Waals surface area contributed by atoms with Gasteiger partial charge in [0.2, 0.25) is 11.5 Å². The van der Waals surface area contributed by atoms with E-state index in [4.69, 9.17) is 4.74 Å². The van der Waals surface area contributed by atoms with Gasteiger partial charge in [0.1, 0.15) is 18.5 Å². The highest BCUT2D eigenvalue weighted by molar-refractivity contribution is 5.77. The molecule has 7 nitrogen and oxygen atoms in total. The minimum Gasteiger partial charge on any atom is -0.491 e. The van der Waals surface area contributed by atoms with Crippen molar-refractivity contribution >= 4 is 5.91 Å². The minimum absolute atomic E-state index is 0.193. The number of aryl methyl sites for hydroxylation is 1. The number of aromatic nitrogens is 2. The number of halogens is 6. The number of alkyl halides is 6. The van der Waals surface area contributed by atoms with E-state index in [0.29, 0.717) is 6.07 Å². The Bertz CT molecular complexity index is 899. The van der Waals surface area contributed by atoms with E-state index >= 15 is 0 Å². The molecule has 172 valence electrons. The summed E-state index contributed by atoms with van der Waals surface area (Å²) in [6.07, 6.45) is -10.5. The molecule has 2 aromatic rings. The van der Waals surface area contributed by atoms with E-state index in [9.17, 15) is 41.4 Å². The van der Waals surface area contributed by atoms with Crippen molar-refractivity contribution in [1.82, 2.24) is 14.9 Å². The summed E-state index contributed by atoms with van der Waals surface area (Å²) in [5.74, 6) is -2.22.